The SMILES string of the molecule is CN1/C(=N/C2CC2)SCC1CC(=O)Nc1ccc(F)cc1.Cl. The van der Waals surface area contributed by atoms with Crippen LogP contribution in [0.3, 0.4) is 0 Å². The summed E-state index contributed by atoms with van der Waals surface area (Å²) in [5.41, 5.74) is 0.626. The number of amides is 1. The van der Waals surface area contributed by atoms with Gasteiger partial charge in [0.25, 0.3) is 0 Å². The van der Waals surface area contributed by atoms with Crippen LogP contribution in [0.1, 0.15) is 19.3 Å². The van der Waals surface area contributed by atoms with Crippen molar-refractivity contribution in [1.82, 2.24) is 4.90 Å². The van der Waals surface area contributed by atoms with Gasteiger partial charge in [-0.25, -0.2) is 4.39 Å². The summed E-state index contributed by atoms with van der Waals surface area (Å²) in [6.45, 7) is 0. The molecule has 1 aliphatic carbocycles. The van der Waals surface area contributed by atoms with E-state index in [1.807, 2.05) is 7.05 Å². The summed E-state index contributed by atoms with van der Waals surface area (Å²) in [5.74, 6) is 0.534. The van der Waals surface area contributed by atoms with Crippen molar-refractivity contribution in [1.29, 1.82) is 0 Å². The smallest absolute Gasteiger partial charge is 0.226 e. The Hall–Kier alpha value is -1.27. The van der Waals surface area contributed by atoms with E-state index in [1.165, 1.54) is 25.0 Å². The summed E-state index contributed by atoms with van der Waals surface area (Å²) in [7, 11) is 2.00. The largest absolute Gasteiger partial charge is 0.350 e. The van der Waals surface area contributed by atoms with Crippen molar-refractivity contribution in [3.8, 4) is 0 Å². The number of nitrogens with zero attached hydrogens (tertiary/aromatic N) is 2. The lowest BCUT2D eigenvalue weighted by Gasteiger charge is -2.20. The highest BCUT2D eigenvalue weighted by molar-refractivity contribution is 8.14. The molecule has 1 saturated heterocycles. The first-order valence-electron chi connectivity index (χ1n) is 7.10. The molecule has 1 heterocycles. The van der Waals surface area contributed by atoms with E-state index in [4.69, 9.17) is 0 Å². The average Bonchev–Trinajstić information content (AvgIpc) is 3.21. The molecule has 0 bridgehead atoms. The van der Waals surface area contributed by atoms with Gasteiger partial charge in [-0.15, -0.1) is 12.4 Å². The second kappa shape index (κ2) is 7.33. The summed E-state index contributed by atoms with van der Waals surface area (Å²) >= 11 is 1.72. The lowest BCUT2D eigenvalue weighted by atomic mass is 10.2. The molecule has 1 atom stereocenters. The van der Waals surface area contributed by atoms with Crippen LogP contribution in [-0.2, 0) is 4.79 Å². The standard InChI is InChI=1S/C15H18FN3OS.ClH/c1-19-13(9-21-15(19)18-12-6-7-12)8-14(20)17-11-4-2-10(16)3-5-11;/h2-5,12-13H,6-9H2,1H3,(H,17,20);1H/b18-15-;. The number of rotatable bonds is 4. The highest BCUT2D eigenvalue weighted by Gasteiger charge is 2.31. The number of benzene rings is 1. The van der Waals surface area contributed by atoms with E-state index >= 15 is 0 Å². The van der Waals surface area contributed by atoms with Crippen molar-refractivity contribution >= 4 is 40.9 Å². The number of anilines is 1. The number of thioether (sulfide) groups is 1. The van der Waals surface area contributed by atoms with Gasteiger partial charge < -0.3 is 10.2 Å². The Kier molecular flexibility index (Phi) is 5.69. The molecule has 120 valence electrons. The molecule has 0 aromatic heterocycles. The number of hydrogen-bond donors (Lipinski definition) is 1. The second-order valence-corrected chi connectivity index (χ2v) is 6.46. The van der Waals surface area contributed by atoms with Gasteiger partial charge in [-0.2, -0.15) is 0 Å². The molecule has 1 aromatic carbocycles. The van der Waals surface area contributed by atoms with Gasteiger partial charge in [-0.3, -0.25) is 9.79 Å². The zero-order valence-electron chi connectivity index (χ0n) is 12.3. The number of hydrogen-bond acceptors (Lipinski definition) is 3. The van der Waals surface area contributed by atoms with E-state index in [2.05, 4.69) is 15.2 Å². The normalized spacial score (nSPS) is 22.5. The molecule has 1 saturated carbocycles. The minimum Gasteiger partial charge on any atom is -0.350 e. The molecule has 4 nitrogen and oxygen atoms in total. The highest BCUT2D eigenvalue weighted by Crippen LogP contribution is 2.30. The molecule has 1 N–H and O–H groups in total. The summed E-state index contributed by atoms with van der Waals surface area (Å²) in [4.78, 5) is 18.8. The molecular formula is C15H19ClFN3OS. The van der Waals surface area contributed by atoms with Crippen molar-refractivity contribution in [3.05, 3.63) is 30.1 Å². The van der Waals surface area contributed by atoms with Crippen LogP contribution in [0.4, 0.5) is 10.1 Å². The summed E-state index contributed by atoms with van der Waals surface area (Å²) in [5, 5.41) is 3.86. The fourth-order valence-electron chi connectivity index (χ4n) is 2.18. The number of nitrogens with one attached hydrogen (secondary N) is 1. The molecular weight excluding hydrogens is 325 g/mol. The van der Waals surface area contributed by atoms with Gasteiger partial charge in [0.1, 0.15) is 5.82 Å². The van der Waals surface area contributed by atoms with Gasteiger partial charge >= 0.3 is 0 Å². The first kappa shape index (κ1) is 17.1. The number of amidine groups is 1. The summed E-state index contributed by atoms with van der Waals surface area (Å²) in [6, 6.07) is 6.50. The maximum absolute atomic E-state index is 12.8. The lowest BCUT2D eigenvalue weighted by Crippen LogP contribution is -2.33. The molecule has 2 aliphatic rings. The van der Waals surface area contributed by atoms with Gasteiger partial charge in [-0.05, 0) is 37.1 Å². The number of carbonyl (C=O) groups is 1. The minimum absolute atomic E-state index is 0. The molecule has 7 heteroatoms. The zero-order valence-corrected chi connectivity index (χ0v) is 13.9. The predicted molar refractivity (Wildman–Crippen MR) is 91.4 cm³/mol. The van der Waals surface area contributed by atoms with Crippen molar-refractivity contribution < 1.29 is 9.18 Å². The van der Waals surface area contributed by atoms with Crippen LogP contribution in [0.5, 0.6) is 0 Å². The molecule has 2 fully saturated rings. The summed E-state index contributed by atoms with van der Waals surface area (Å²) < 4.78 is 12.8. The first-order valence-corrected chi connectivity index (χ1v) is 8.09. The van der Waals surface area contributed by atoms with Crippen molar-refractivity contribution in [2.24, 2.45) is 4.99 Å². The lowest BCUT2D eigenvalue weighted by molar-refractivity contribution is -0.116. The Morgan fingerprint density at radius 3 is 2.73 bits per heavy atom. The van der Waals surface area contributed by atoms with Crippen LogP contribution < -0.4 is 5.32 Å². The zero-order chi connectivity index (χ0) is 14.8. The van der Waals surface area contributed by atoms with Gasteiger partial charge in [-0.1, -0.05) is 11.8 Å². The van der Waals surface area contributed by atoms with E-state index in [0.29, 0.717) is 18.2 Å². The van der Waals surface area contributed by atoms with Crippen molar-refractivity contribution in [2.45, 2.75) is 31.3 Å². The Bertz CT molecular complexity index is 562. The van der Waals surface area contributed by atoms with Crippen LogP contribution in [-0.4, -0.2) is 40.9 Å². The van der Waals surface area contributed by atoms with Gasteiger partial charge in [0.05, 0.1) is 6.04 Å². The Morgan fingerprint density at radius 1 is 1.41 bits per heavy atom. The van der Waals surface area contributed by atoms with Crippen LogP contribution in [0.2, 0.25) is 0 Å². The van der Waals surface area contributed by atoms with E-state index in [0.717, 1.165) is 10.9 Å². The maximum Gasteiger partial charge on any atom is 0.226 e. The van der Waals surface area contributed by atoms with Crippen LogP contribution in [0.25, 0.3) is 0 Å². The number of halogens is 2. The average molecular weight is 344 g/mol. The van der Waals surface area contributed by atoms with Gasteiger partial charge in [0.15, 0.2) is 5.17 Å². The number of carbonyl (C=O) groups excluding carboxylic acids is 1. The van der Waals surface area contributed by atoms with Crippen molar-refractivity contribution in [3.63, 3.8) is 0 Å². The number of aliphatic imine (C=N–C) groups is 1. The van der Waals surface area contributed by atoms with Crippen LogP contribution >= 0.6 is 24.2 Å². The minimum atomic E-state index is -0.305. The molecule has 1 unspecified atom stereocenters. The summed E-state index contributed by atoms with van der Waals surface area (Å²) in [6.07, 6.45) is 2.80. The first-order chi connectivity index (χ1) is 10.1. The topological polar surface area (TPSA) is 44.7 Å². The third kappa shape index (κ3) is 4.36. The highest BCUT2D eigenvalue weighted by atomic mass is 35.5. The van der Waals surface area contributed by atoms with E-state index in [-0.39, 0.29) is 30.2 Å². The van der Waals surface area contributed by atoms with Crippen LogP contribution in [0.15, 0.2) is 29.3 Å². The molecule has 1 aliphatic heterocycles. The van der Waals surface area contributed by atoms with Gasteiger partial charge in [0.2, 0.25) is 5.91 Å². The quantitative estimate of drug-likeness (QED) is 0.913. The molecule has 1 aromatic rings. The Labute approximate surface area is 140 Å². The fraction of sp³-hybridized carbons (Fsp3) is 0.467. The Morgan fingerprint density at radius 2 is 2.09 bits per heavy atom. The molecule has 0 spiro atoms. The maximum atomic E-state index is 12.8. The predicted octanol–water partition coefficient (Wildman–Crippen LogP) is 3.14. The van der Waals surface area contributed by atoms with E-state index in [9.17, 15) is 9.18 Å². The third-order valence-electron chi connectivity index (χ3n) is 3.64. The van der Waals surface area contributed by atoms with Crippen molar-refractivity contribution in [2.75, 3.05) is 18.1 Å². The van der Waals surface area contributed by atoms with Crippen LogP contribution in [0, 0.1) is 5.82 Å². The Balaban J connectivity index is 0.00000176. The molecule has 22 heavy (non-hydrogen) atoms. The second-order valence-electron chi connectivity index (χ2n) is 5.48. The monoisotopic (exact) mass is 343 g/mol. The van der Waals surface area contributed by atoms with Gasteiger partial charge in [0, 0.05) is 31.0 Å². The van der Waals surface area contributed by atoms with E-state index in [1.54, 1.807) is 23.9 Å². The van der Waals surface area contributed by atoms with E-state index < -0.39 is 0 Å². The third-order valence-corrected chi connectivity index (χ3v) is 4.85. The molecule has 0 radical (unpaired) electrons. The molecule has 3 rings (SSSR count). The molecule has 1 amide bonds. The fourth-order valence-corrected chi connectivity index (χ4v) is 3.44.